The molecule has 1 aliphatic rings. The molecule has 0 bridgehead atoms. The molecule has 1 fully saturated rings. The van der Waals surface area contributed by atoms with E-state index in [1.165, 1.54) is 0 Å². The molecule has 0 radical (unpaired) electrons. The first kappa shape index (κ1) is 20.9. The largest absolute Gasteiger partial charge is 0.366 e. The van der Waals surface area contributed by atoms with Crippen molar-refractivity contribution in [3.63, 3.8) is 0 Å². The molecule has 0 atom stereocenters. The van der Waals surface area contributed by atoms with E-state index < -0.39 is 5.91 Å². The third-order valence-corrected chi connectivity index (χ3v) is 4.18. The summed E-state index contributed by atoms with van der Waals surface area (Å²) in [6.07, 6.45) is 0. The van der Waals surface area contributed by atoms with Gasteiger partial charge in [-0.3, -0.25) is 24.2 Å². The third-order valence-electron chi connectivity index (χ3n) is 4.18. The van der Waals surface area contributed by atoms with Crippen LogP contribution in [0.3, 0.4) is 0 Å². The summed E-state index contributed by atoms with van der Waals surface area (Å²) in [5.41, 5.74) is 5.81. The van der Waals surface area contributed by atoms with Crippen LogP contribution in [0.1, 0.15) is 31.1 Å². The van der Waals surface area contributed by atoms with E-state index in [1.807, 2.05) is 25.7 Å². The Balaban J connectivity index is 1.78. The third kappa shape index (κ3) is 6.99. The summed E-state index contributed by atoms with van der Waals surface area (Å²) in [6, 6.07) is 6.68. The van der Waals surface area contributed by atoms with Crippen LogP contribution in [0.25, 0.3) is 0 Å². The van der Waals surface area contributed by atoms with Gasteiger partial charge in [0.15, 0.2) is 0 Å². The van der Waals surface area contributed by atoms with Crippen LogP contribution in [0.2, 0.25) is 0 Å². The van der Waals surface area contributed by atoms with Crippen molar-refractivity contribution in [2.75, 3.05) is 44.6 Å². The average Bonchev–Trinajstić information content (AvgIpc) is 2.55. The molecule has 0 spiro atoms. The number of amides is 3. The first-order chi connectivity index (χ1) is 12.6. The molecule has 2 rings (SSSR count). The summed E-state index contributed by atoms with van der Waals surface area (Å²) in [6.45, 7) is 9.32. The van der Waals surface area contributed by atoms with Crippen LogP contribution in [-0.2, 0) is 9.59 Å². The summed E-state index contributed by atoms with van der Waals surface area (Å²) in [5, 5.41) is 5.70. The van der Waals surface area contributed by atoms with E-state index in [9.17, 15) is 14.4 Å². The van der Waals surface area contributed by atoms with Crippen LogP contribution < -0.4 is 16.4 Å². The average molecular weight is 375 g/mol. The zero-order chi connectivity index (χ0) is 20.0. The van der Waals surface area contributed by atoms with Crippen LogP contribution in [0, 0.1) is 0 Å². The fourth-order valence-corrected chi connectivity index (χ4v) is 2.97. The molecular formula is C19H29N5O3. The van der Waals surface area contributed by atoms with Gasteiger partial charge in [0, 0.05) is 31.7 Å². The van der Waals surface area contributed by atoms with Crippen molar-refractivity contribution in [1.29, 1.82) is 0 Å². The van der Waals surface area contributed by atoms with Gasteiger partial charge in [-0.15, -0.1) is 0 Å². The van der Waals surface area contributed by atoms with Crippen molar-refractivity contribution in [3.8, 4) is 0 Å². The fourth-order valence-electron chi connectivity index (χ4n) is 2.97. The van der Waals surface area contributed by atoms with E-state index in [1.54, 1.807) is 24.3 Å². The van der Waals surface area contributed by atoms with Crippen LogP contribution in [0.4, 0.5) is 5.69 Å². The Bertz CT molecular complexity index is 691. The molecule has 0 saturated carbocycles. The van der Waals surface area contributed by atoms with Gasteiger partial charge in [-0.2, -0.15) is 0 Å². The Morgan fingerprint density at radius 1 is 0.963 bits per heavy atom. The molecule has 1 aromatic carbocycles. The maximum Gasteiger partial charge on any atom is 0.250 e. The Morgan fingerprint density at radius 2 is 1.48 bits per heavy atom. The van der Waals surface area contributed by atoms with Crippen molar-refractivity contribution in [3.05, 3.63) is 29.8 Å². The second kappa shape index (κ2) is 8.96. The molecule has 8 heteroatoms. The monoisotopic (exact) mass is 375 g/mol. The van der Waals surface area contributed by atoms with Gasteiger partial charge in [-0.25, -0.2) is 0 Å². The van der Waals surface area contributed by atoms with Gasteiger partial charge in [0.05, 0.1) is 24.3 Å². The molecular weight excluding hydrogens is 346 g/mol. The predicted molar refractivity (Wildman–Crippen MR) is 104 cm³/mol. The summed E-state index contributed by atoms with van der Waals surface area (Å²) < 4.78 is 0. The molecule has 148 valence electrons. The first-order valence-electron chi connectivity index (χ1n) is 9.08. The van der Waals surface area contributed by atoms with Gasteiger partial charge in [0.1, 0.15) is 0 Å². The van der Waals surface area contributed by atoms with Gasteiger partial charge < -0.3 is 16.4 Å². The number of nitrogens with two attached hydrogens (primary N) is 1. The van der Waals surface area contributed by atoms with E-state index in [4.69, 9.17) is 5.73 Å². The van der Waals surface area contributed by atoms with Crippen LogP contribution in [0.15, 0.2) is 24.3 Å². The Labute approximate surface area is 160 Å². The number of nitrogens with zero attached hydrogens (tertiary/aromatic N) is 2. The second-order valence-electron chi connectivity index (χ2n) is 7.81. The zero-order valence-electron chi connectivity index (χ0n) is 16.2. The lowest BCUT2D eigenvalue weighted by atomic mass is 10.1. The molecule has 0 aliphatic carbocycles. The smallest absolute Gasteiger partial charge is 0.250 e. The van der Waals surface area contributed by atoms with Gasteiger partial charge in [0.2, 0.25) is 11.8 Å². The van der Waals surface area contributed by atoms with Gasteiger partial charge >= 0.3 is 0 Å². The number of hydrogen-bond acceptors (Lipinski definition) is 5. The maximum absolute atomic E-state index is 12.3. The molecule has 1 aliphatic heterocycles. The molecule has 1 saturated heterocycles. The molecule has 4 N–H and O–H groups in total. The lowest BCUT2D eigenvalue weighted by molar-refractivity contribution is -0.124. The maximum atomic E-state index is 12.3. The number of benzene rings is 1. The van der Waals surface area contributed by atoms with Gasteiger partial charge in [-0.05, 0) is 32.9 Å². The SMILES string of the molecule is CC(C)(C)NC(=O)CN1CCN(CC(=O)Nc2ccccc2C(N)=O)CC1. The molecule has 0 unspecified atom stereocenters. The molecule has 3 amide bonds. The zero-order valence-corrected chi connectivity index (χ0v) is 16.2. The topological polar surface area (TPSA) is 108 Å². The van der Waals surface area contributed by atoms with E-state index in [2.05, 4.69) is 15.5 Å². The standard InChI is InChI=1S/C19H29N5O3/c1-19(2,3)22-17(26)13-24-10-8-23(9-11-24)12-16(25)21-15-7-5-4-6-14(15)18(20)27/h4-7H,8-13H2,1-3H3,(H2,20,27)(H,21,25)(H,22,26). The van der Waals surface area contributed by atoms with E-state index in [0.29, 0.717) is 30.9 Å². The van der Waals surface area contributed by atoms with Gasteiger partial charge in [0.25, 0.3) is 5.91 Å². The number of anilines is 1. The summed E-state index contributed by atoms with van der Waals surface area (Å²) in [4.78, 5) is 39.8. The first-order valence-corrected chi connectivity index (χ1v) is 9.08. The van der Waals surface area contributed by atoms with Crippen molar-refractivity contribution >= 4 is 23.4 Å². The Morgan fingerprint density at radius 3 is 2.00 bits per heavy atom. The predicted octanol–water partition coefficient (Wildman–Crippen LogP) is 0.256. The van der Waals surface area contributed by atoms with Crippen LogP contribution >= 0.6 is 0 Å². The number of rotatable bonds is 6. The number of piperazine rings is 1. The Hall–Kier alpha value is -2.45. The molecule has 8 nitrogen and oxygen atoms in total. The van der Waals surface area contributed by atoms with Gasteiger partial charge in [-0.1, -0.05) is 12.1 Å². The minimum absolute atomic E-state index is 0.0109. The van der Waals surface area contributed by atoms with Crippen molar-refractivity contribution in [2.45, 2.75) is 26.3 Å². The highest BCUT2D eigenvalue weighted by atomic mass is 16.2. The van der Waals surface area contributed by atoms with Crippen LogP contribution in [-0.4, -0.2) is 72.3 Å². The van der Waals surface area contributed by atoms with Crippen molar-refractivity contribution < 1.29 is 14.4 Å². The highest BCUT2D eigenvalue weighted by Gasteiger charge is 2.22. The highest BCUT2D eigenvalue weighted by molar-refractivity contribution is 6.03. The van der Waals surface area contributed by atoms with E-state index in [-0.39, 0.29) is 23.9 Å². The van der Waals surface area contributed by atoms with E-state index >= 15 is 0 Å². The highest BCUT2D eigenvalue weighted by Crippen LogP contribution is 2.14. The summed E-state index contributed by atoms with van der Waals surface area (Å²) in [7, 11) is 0. The van der Waals surface area contributed by atoms with E-state index in [0.717, 1.165) is 13.1 Å². The summed E-state index contributed by atoms with van der Waals surface area (Å²) in [5.74, 6) is -0.757. The Kier molecular flexibility index (Phi) is 6.92. The lowest BCUT2D eigenvalue weighted by Gasteiger charge is -2.34. The summed E-state index contributed by atoms with van der Waals surface area (Å²) >= 11 is 0. The minimum atomic E-state index is -0.576. The molecule has 1 aromatic rings. The molecule has 27 heavy (non-hydrogen) atoms. The number of nitrogens with one attached hydrogen (secondary N) is 2. The molecule has 1 heterocycles. The number of carbonyl (C=O) groups excluding carboxylic acids is 3. The number of hydrogen-bond donors (Lipinski definition) is 3. The number of primary amides is 1. The fraction of sp³-hybridized carbons (Fsp3) is 0.526. The number of para-hydroxylation sites is 1. The normalized spacial score (nSPS) is 16.0. The van der Waals surface area contributed by atoms with Crippen LogP contribution in [0.5, 0.6) is 0 Å². The van der Waals surface area contributed by atoms with Crippen molar-refractivity contribution in [1.82, 2.24) is 15.1 Å². The number of carbonyl (C=O) groups is 3. The lowest BCUT2D eigenvalue weighted by Crippen LogP contribution is -2.52. The quantitative estimate of drug-likeness (QED) is 0.661. The molecule has 0 aromatic heterocycles. The minimum Gasteiger partial charge on any atom is -0.366 e. The second-order valence-corrected chi connectivity index (χ2v) is 7.81. The van der Waals surface area contributed by atoms with Crippen molar-refractivity contribution in [2.24, 2.45) is 5.73 Å².